The summed E-state index contributed by atoms with van der Waals surface area (Å²) < 4.78 is 63.3. The van der Waals surface area contributed by atoms with Gasteiger partial charge in [0, 0.05) is 37.9 Å². The first-order valence-electron chi connectivity index (χ1n) is 5.84. The topological polar surface area (TPSA) is 70.8 Å². The number of aliphatic hydroxyl groups is 2. The molecule has 1 rings (SSSR count). The quantitative estimate of drug-likeness (QED) is 0.511. The molecule has 0 aromatic heterocycles. The highest BCUT2D eigenvalue weighted by molar-refractivity contribution is 7.45. The Labute approximate surface area is 135 Å². The van der Waals surface area contributed by atoms with Gasteiger partial charge >= 0.3 is 13.4 Å². The summed E-state index contributed by atoms with van der Waals surface area (Å²) in [5.74, 6) is 0. The van der Waals surface area contributed by atoms with Crippen LogP contribution >= 0.6 is 0 Å². The van der Waals surface area contributed by atoms with E-state index < -0.39 is 19.5 Å². The van der Waals surface area contributed by atoms with Crippen molar-refractivity contribution in [1.29, 1.82) is 4.78 Å². The largest absolute Gasteiger partial charge is 0.394 e. The van der Waals surface area contributed by atoms with E-state index in [1.807, 2.05) is 23.4 Å². The van der Waals surface area contributed by atoms with Crippen molar-refractivity contribution in [3.63, 3.8) is 0 Å². The Hall–Kier alpha value is -1.40. The predicted molar refractivity (Wildman–Crippen MR) is 75.0 cm³/mol. The Kier molecular flexibility index (Phi) is 21.5. The van der Waals surface area contributed by atoms with E-state index >= 15 is 0 Å². The highest BCUT2D eigenvalue weighted by atomic mass is 32.1. The molecule has 0 amide bonds. The number of nitrogens with one attached hydrogen (secondary N) is 1. The molecule has 12 heteroatoms. The van der Waals surface area contributed by atoms with Gasteiger partial charge in [0.1, 0.15) is 0 Å². The van der Waals surface area contributed by atoms with Crippen molar-refractivity contribution in [3.05, 3.63) is 25.1 Å². The Balaban J connectivity index is -0.000000333. The molecule has 0 radical (unpaired) electrons. The zero-order valence-electron chi connectivity index (χ0n) is 12.0. The van der Waals surface area contributed by atoms with E-state index in [1.54, 1.807) is 0 Å². The molecule has 0 spiro atoms. The van der Waals surface area contributed by atoms with Crippen molar-refractivity contribution in [2.45, 2.75) is 19.5 Å². The highest BCUT2D eigenvalue weighted by Crippen LogP contribution is 2.06. The van der Waals surface area contributed by atoms with E-state index in [0.29, 0.717) is 6.54 Å². The number of alkyl halides is 6. The summed E-state index contributed by atoms with van der Waals surface area (Å²) in [5, 5.41) is 17.8. The number of rotatable bonds is 5. The lowest BCUT2D eigenvalue weighted by molar-refractivity contribution is 0.00734. The molecule has 23 heavy (non-hydrogen) atoms. The van der Waals surface area contributed by atoms with Gasteiger partial charge in [0.2, 0.25) is 0 Å². The van der Waals surface area contributed by atoms with Gasteiger partial charge in [0.25, 0.3) is 0 Å². The molecule has 5 nitrogen and oxygen atoms in total. The highest BCUT2D eigenvalue weighted by Gasteiger charge is 2.13. The second-order valence-electron chi connectivity index (χ2n) is 3.60. The summed E-state index contributed by atoms with van der Waals surface area (Å²) in [5.41, 5.74) is 0. The monoisotopic (exact) mass is 371 g/mol. The molecule has 1 aliphatic rings. The number of hydrogen-bond acceptors (Lipinski definition) is 6. The third kappa shape index (κ3) is 25.9. The summed E-state index contributed by atoms with van der Waals surface area (Å²) in [7, 11) is 0. The molecule has 0 saturated heterocycles. The minimum atomic E-state index is -3.67. The molecule has 0 aliphatic carbocycles. The van der Waals surface area contributed by atoms with Crippen molar-refractivity contribution in [2.75, 3.05) is 26.4 Å². The first kappa shape index (κ1) is 26.5. The number of aliphatic hydroxyl groups excluding tert-OH is 2. The van der Waals surface area contributed by atoms with Crippen LogP contribution in [-0.2, 0) is 12.4 Å². The van der Waals surface area contributed by atoms with Gasteiger partial charge in [-0.25, -0.2) is 4.78 Å². The normalized spacial score (nSPS) is 13.5. The lowest BCUT2D eigenvalue weighted by atomic mass is 10.3. The molecule has 0 saturated carbocycles. The maximum Gasteiger partial charge on any atom is 0.379 e. The number of nitrogens with zero attached hydrogens (tertiary/aromatic N) is 2. The fourth-order valence-corrected chi connectivity index (χ4v) is 1.25. The minimum Gasteiger partial charge on any atom is -0.394 e. The molecule has 1 heterocycles. The summed E-state index contributed by atoms with van der Waals surface area (Å²) in [6.07, 6.45) is 5.03. The smallest absolute Gasteiger partial charge is 0.379 e. The Morgan fingerprint density at radius 3 is 1.83 bits per heavy atom. The van der Waals surface area contributed by atoms with Crippen LogP contribution in [-0.4, -0.2) is 65.8 Å². The van der Waals surface area contributed by atoms with Crippen molar-refractivity contribution in [3.8, 4) is 0 Å². The number of hydrogen-bond donors (Lipinski definition) is 3. The van der Waals surface area contributed by atoms with Crippen LogP contribution < -0.4 is 0 Å². The van der Waals surface area contributed by atoms with Crippen LogP contribution in [0, 0.1) is 4.78 Å². The van der Waals surface area contributed by atoms with Crippen LogP contribution in [0.3, 0.4) is 0 Å². The van der Waals surface area contributed by atoms with Gasteiger partial charge in [-0.3, -0.25) is 0 Å². The standard InChI is InChI=1S/C9H16N2O2.2CHF3.HNS/c1-2-3-10-4-5-11(8-10)6-9(13)7-12;2*2-1(3)4;1-2/h2,4-5,9,12-13H,1,3,6-8H2;2*1H;1H. The lowest BCUT2D eigenvalue weighted by Gasteiger charge is -2.21. The molecule has 138 valence electrons. The van der Waals surface area contributed by atoms with Crippen LogP contribution in [0.2, 0.25) is 0 Å². The summed E-state index contributed by atoms with van der Waals surface area (Å²) >= 11 is 3.33. The number of β-amino-alcohol motifs (C(OH)–C–C–N with tert-alkyl or cyclic N) is 1. The van der Waals surface area contributed by atoms with Gasteiger partial charge in [-0.2, -0.15) is 26.3 Å². The van der Waals surface area contributed by atoms with E-state index in [0.717, 1.165) is 13.2 Å². The maximum absolute atomic E-state index is 9.67. The van der Waals surface area contributed by atoms with Gasteiger partial charge in [-0.15, -0.1) is 6.58 Å². The van der Waals surface area contributed by atoms with Crippen LogP contribution in [0.1, 0.15) is 0 Å². The first-order valence-corrected chi connectivity index (χ1v) is 6.24. The van der Waals surface area contributed by atoms with Crippen molar-refractivity contribution >= 4 is 12.4 Å². The Morgan fingerprint density at radius 1 is 1.09 bits per heavy atom. The van der Waals surface area contributed by atoms with Crippen LogP contribution in [0.25, 0.3) is 0 Å². The summed E-state index contributed by atoms with van der Waals surface area (Å²) in [4.78, 5) is 4.02. The zero-order valence-corrected chi connectivity index (χ0v) is 12.8. The Morgan fingerprint density at radius 2 is 1.48 bits per heavy atom. The van der Waals surface area contributed by atoms with Crippen molar-refractivity contribution in [1.82, 2.24) is 9.80 Å². The minimum absolute atomic E-state index is 0.189. The van der Waals surface area contributed by atoms with E-state index in [-0.39, 0.29) is 6.61 Å². The average Bonchev–Trinajstić information content (AvgIpc) is 2.87. The third-order valence-corrected chi connectivity index (χ3v) is 1.87. The second-order valence-corrected chi connectivity index (χ2v) is 3.60. The van der Waals surface area contributed by atoms with Gasteiger partial charge in [0.05, 0.1) is 19.4 Å². The summed E-state index contributed by atoms with van der Waals surface area (Å²) in [6.45, 7) is -1.85. The van der Waals surface area contributed by atoms with E-state index in [9.17, 15) is 31.4 Å². The molecule has 1 unspecified atom stereocenters. The summed E-state index contributed by atoms with van der Waals surface area (Å²) in [6, 6.07) is 0. The predicted octanol–water partition coefficient (Wildman–Crippen LogP) is 2.22. The lowest BCUT2D eigenvalue weighted by Crippen LogP contribution is -2.33. The molecule has 3 N–H and O–H groups in total. The van der Waals surface area contributed by atoms with Crippen molar-refractivity contribution in [2.24, 2.45) is 0 Å². The second kappa shape index (κ2) is 18.6. The van der Waals surface area contributed by atoms with Gasteiger partial charge in [-0.1, -0.05) is 6.08 Å². The van der Waals surface area contributed by atoms with Crippen LogP contribution in [0.5, 0.6) is 0 Å². The fourth-order valence-electron chi connectivity index (χ4n) is 1.25. The van der Waals surface area contributed by atoms with E-state index in [4.69, 9.17) is 9.89 Å². The van der Waals surface area contributed by atoms with Gasteiger partial charge in [0.15, 0.2) is 0 Å². The Bertz CT molecular complexity index is 291. The van der Waals surface area contributed by atoms with E-state index in [1.165, 1.54) is 0 Å². The molecule has 0 fully saturated rings. The molecular weight excluding hydrogens is 352 g/mol. The number of halogens is 6. The van der Waals surface area contributed by atoms with Gasteiger partial charge < -0.3 is 20.0 Å². The van der Waals surface area contributed by atoms with E-state index in [2.05, 4.69) is 23.9 Å². The average molecular weight is 371 g/mol. The zero-order chi connectivity index (χ0) is 18.8. The molecule has 0 aromatic carbocycles. The SMILES string of the molecule is C=CCN1C=CN(CC(O)CO)C1.FC(F)F.FC(F)F.N=S. The fraction of sp³-hybridized carbons (Fsp3) is 0.636. The molecule has 1 atom stereocenters. The van der Waals surface area contributed by atoms with Crippen LogP contribution in [0.4, 0.5) is 26.3 Å². The molecule has 0 aromatic rings. The van der Waals surface area contributed by atoms with Crippen LogP contribution in [0.15, 0.2) is 25.1 Å². The third-order valence-electron chi connectivity index (χ3n) is 1.87. The van der Waals surface area contributed by atoms with Crippen molar-refractivity contribution < 1.29 is 36.6 Å². The maximum atomic E-state index is 9.67. The molecular formula is C11H19F6N3O2S. The first-order chi connectivity index (χ1) is 10.7. The molecule has 1 aliphatic heterocycles. The molecule has 0 bridgehead atoms. The van der Waals surface area contributed by atoms with Gasteiger partial charge in [-0.05, 0) is 0 Å².